The highest BCUT2D eigenvalue weighted by Gasteiger charge is 2.27. The largest absolute Gasteiger partial charge is 0.481 e. The molecule has 0 bridgehead atoms. The lowest BCUT2D eigenvalue weighted by atomic mass is 9.94. The van der Waals surface area contributed by atoms with Crippen LogP contribution in [0.4, 0.5) is 10.5 Å². The summed E-state index contributed by atoms with van der Waals surface area (Å²) in [6.07, 6.45) is 0. The summed E-state index contributed by atoms with van der Waals surface area (Å²) in [7, 11) is 0. The minimum absolute atomic E-state index is 0.00205. The summed E-state index contributed by atoms with van der Waals surface area (Å²) in [5.41, 5.74) is -0.0799. The van der Waals surface area contributed by atoms with Crippen molar-refractivity contribution >= 4 is 33.6 Å². The average Bonchev–Trinajstić information content (AvgIpc) is 2.38. The Hall–Kier alpha value is -2.07. The van der Waals surface area contributed by atoms with Crippen LogP contribution in [-0.2, 0) is 4.79 Å². The first kappa shape index (κ1) is 16.0. The number of nitriles is 1. The van der Waals surface area contributed by atoms with E-state index in [1.54, 1.807) is 18.2 Å². The molecule has 0 atom stereocenters. The first-order chi connectivity index (χ1) is 9.26. The van der Waals surface area contributed by atoms with Gasteiger partial charge in [0.15, 0.2) is 0 Å². The molecule has 0 aliphatic carbocycles. The highest BCUT2D eigenvalue weighted by atomic mass is 79.9. The summed E-state index contributed by atoms with van der Waals surface area (Å²) in [5.74, 6) is -0.989. The fraction of sp³-hybridized carbons (Fsp3) is 0.308. The van der Waals surface area contributed by atoms with Crippen LogP contribution < -0.4 is 10.6 Å². The highest BCUT2D eigenvalue weighted by molar-refractivity contribution is 9.10. The highest BCUT2D eigenvalue weighted by Crippen LogP contribution is 2.23. The molecule has 0 fully saturated rings. The SMILES string of the molecule is CC(C)(CNC(=O)Nc1ccc(C#N)cc1Br)C(=O)O. The molecule has 1 aromatic rings. The molecule has 0 saturated carbocycles. The fourth-order valence-corrected chi connectivity index (χ4v) is 1.71. The van der Waals surface area contributed by atoms with E-state index in [1.807, 2.05) is 6.07 Å². The average molecular weight is 340 g/mol. The third-order valence-corrected chi connectivity index (χ3v) is 3.27. The van der Waals surface area contributed by atoms with E-state index in [2.05, 4.69) is 26.6 Å². The van der Waals surface area contributed by atoms with Gasteiger partial charge in [0.05, 0.1) is 22.7 Å². The van der Waals surface area contributed by atoms with Gasteiger partial charge in [-0.25, -0.2) is 4.79 Å². The molecule has 20 heavy (non-hydrogen) atoms. The van der Waals surface area contributed by atoms with Gasteiger partial charge >= 0.3 is 12.0 Å². The van der Waals surface area contributed by atoms with Crippen molar-refractivity contribution in [3.8, 4) is 6.07 Å². The van der Waals surface area contributed by atoms with Crippen molar-refractivity contribution < 1.29 is 14.7 Å². The number of hydrogen-bond acceptors (Lipinski definition) is 3. The van der Waals surface area contributed by atoms with Crippen LogP contribution in [0.15, 0.2) is 22.7 Å². The summed E-state index contributed by atoms with van der Waals surface area (Å²) in [5, 5.41) is 22.7. The second-order valence-electron chi connectivity index (χ2n) is 4.80. The van der Waals surface area contributed by atoms with Crippen molar-refractivity contribution in [3.63, 3.8) is 0 Å². The Balaban J connectivity index is 2.64. The summed E-state index contributed by atoms with van der Waals surface area (Å²) >= 11 is 3.24. The predicted molar refractivity (Wildman–Crippen MR) is 77.3 cm³/mol. The van der Waals surface area contributed by atoms with Gasteiger partial charge in [0.1, 0.15) is 0 Å². The normalized spacial score (nSPS) is 10.5. The van der Waals surface area contributed by atoms with E-state index in [4.69, 9.17) is 10.4 Å². The summed E-state index contributed by atoms with van der Waals surface area (Å²) in [6, 6.07) is 6.21. The molecule has 0 unspecified atom stereocenters. The van der Waals surface area contributed by atoms with Crippen LogP contribution in [0.1, 0.15) is 19.4 Å². The van der Waals surface area contributed by atoms with Crippen molar-refractivity contribution in [2.45, 2.75) is 13.8 Å². The van der Waals surface area contributed by atoms with Gasteiger partial charge in [-0.15, -0.1) is 0 Å². The predicted octanol–water partition coefficient (Wildman–Crippen LogP) is 2.55. The van der Waals surface area contributed by atoms with Gasteiger partial charge in [0.25, 0.3) is 0 Å². The van der Waals surface area contributed by atoms with Crippen LogP contribution in [0.5, 0.6) is 0 Å². The number of carbonyl (C=O) groups excluding carboxylic acids is 1. The minimum atomic E-state index is -1.04. The molecular weight excluding hydrogens is 326 g/mol. The third-order valence-electron chi connectivity index (χ3n) is 2.62. The van der Waals surface area contributed by atoms with Gasteiger partial charge < -0.3 is 15.7 Å². The van der Waals surface area contributed by atoms with Gasteiger partial charge in [-0.2, -0.15) is 5.26 Å². The van der Waals surface area contributed by atoms with Crippen molar-refractivity contribution in [3.05, 3.63) is 28.2 Å². The van der Waals surface area contributed by atoms with E-state index in [0.29, 0.717) is 15.7 Å². The number of benzene rings is 1. The van der Waals surface area contributed by atoms with Crippen molar-refractivity contribution in [1.29, 1.82) is 5.26 Å². The number of carboxylic acid groups (broad SMARTS) is 1. The zero-order valence-electron chi connectivity index (χ0n) is 11.0. The lowest BCUT2D eigenvalue weighted by Crippen LogP contribution is -2.40. The molecule has 1 rings (SSSR count). The van der Waals surface area contributed by atoms with Crippen molar-refractivity contribution in [1.82, 2.24) is 5.32 Å². The summed E-state index contributed by atoms with van der Waals surface area (Å²) in [4.78, 5) is 22.6. The maximum absolute atomic E-state index is 11.7. The van der Waals surface area contributed by atoms with Crippen LogP contribution in [0.25, 0.3) is 0 Å². The van der Waals surface area contributed by atoms with E-state index in [1.165, 1.54) is 13.8 Å². The molecule has 6 nitrogen and oxygen atoms in total. The number of amides is 2. The van der Waals surface area contributed by atoms with E-state index in [-0.39, 0.29) is 6.54 Å². The topological polar surface area (TPSA) is 102 Å². The Morgan fingerprint density at radius 3 is 2.60 bits per heavy atom. The molecule has 0 radical (unpaired) electrons. The molecule has 3 N–H and O–H groups in total. The maximum Gasteiger partial charge on any atom is 0.319 e. The Bertz CT molecular complexity index is 579. The van der Waals surface area contributed by atoms with E-state index < -0.39 is 17.4 Å². The number of carbonyl (C=O) groups is 2. The quantitative estimate of drug-likeness (QED) is 0.784. The maximum atomic E-state index is 11.7. The molecule has 0 heterocycles. The zero-order valence-corrected chi connectivity index (χ0v) is 12.6. The molecule has 7 heteroatoms. The van der Waals surface area contributed by atoms with Gasteiger partial charge in [0, 0.05) is 11.0 Å². The van der Waals surface area contributed by atoms with Gasteiger partial charge in [-0.3, -0.25) is 4.79 Å². The third kappa shape index (κ3) is 4.24. The molecule has 0 aromatic heterocycles. The first-order valence-corrected chi connectivity index (χ1v) is 6.53. The Morgan fingerprint density at radius 2 is 2.10 bits per heavy atom. The second-order valence-corrected chi connectivity index (χ2v) is 5.66. The van der Waals surface area contributed by atoms with Crippen LogP contribution in [0.3, 0.4) is 0 Å². The van der Waals surface area contributed by atoms with E-state index >= 15 is 0 Å². The van der Waals surface area contributed by atoms with Crippen LogP contribution in [0.2, 0.25) is 0 Å². The smallest absolute Gasteiger partial charge is 0.319 e. The van der Waals surface area contributed by atoms with Crippen LogP contribution in [-0.4, -0.2) is 23.7 Å². The summed E-state index contributed by atoms with van der Waals surface area (Å²) < 4.78 is 0.573. The molecule has 0 aliphatic rings. The second kappa shape index (κ2) is 6.39. The van der Waals surface area contributed by atoms with Crippen molar-refractivity contribution in [2.75, 3.05) is 11.9 Å². The zero-order chi connectivity index (χ0) is 15.3. The lowest BCUT2D eigenvalue weighted by Gasteiger charge is -2.19. The number of nitrogens with zero attached hydrogens (tertiary/aromatic N) is 1. The number of hydrogen-bond donors (Lipinski definition) is 3. The molecule has 0 spiro atoms. The number of halogens is 1. The number of rotatable bonds is 4. The Labute approximate surface area is 124 Å². The Kier molecular flexibility index (Phi) is 5.11. The number of anilines is 1. The summed E-state index contributed by atoms with van der Waals surface area (Å²) in [6.45, 7) is 3.04. The lowest BCUT2D eigenvalue weighted by molar-refractivity contribution is -0.146. The first-order valence-electron chi connectivity index (χ1n) is 5.74. The van der Waals surface area contributed by atoms with Gasteiger partial charge in [-0.1, -0.05) is 0 Å². The number of carboxylic acids is 1. The van der Waals surface area contributed by atoms with Crippen LogP contribution in [0, 0.1) is 16.7 Å². The molecule has 2 amide bonds. The Morgan fingerprint density at radius 1 is 1.45 bits per heavy atom. The van der Waals surface area contributed by atoms with Crippen LogP contribution >= 0.6 is 15.9 Å². The van der Waals surface area contributed by atoms with Crippen molar-refractivity contribution in [2.24, 2.45) is 5.41 Å². The molecule has 106 valence electrons. The number of nitrogens with one attached hydrogen (secondary N) is 2. The number of aliphatic carboxylic acids is 1. The van der Waals surface area contributed by atoms with Gasteiger partial charge in [0.2, 0.25) is 0 Å². The molecular formula is C13H14BrN3O3. The van der Waals surface area contributed by atoms with E-state index in [0.717, 1.165) is 0 Å². The van der Waals surface area contributed by atoms with Gasteiger partial charge in [-0.05, 0) is 48.0 Å². The standard InChI is InChI=1S/C13H14BrN3O3/c1-13(2,11(18)19)7-16-12(20)17-10-4-3-8(6-15)5-9(10)14/h3-5H,7H2,1-2H3,(H,18,19)(H2,16,17,20). The molecule has 0 aliphatic heterocycles. The minimum Gasteiger partial charge on any atom is -0.481 e. The molecule has 1 aromatic carbocycles. The molecule has 0 saturated heterocycles. The fourth-order valence-electron chi connectivity index (χ4n) is 1.23. The monoisotopic (exact) mass is 339 g/mol. The number of urea groups is 1. The van der Waals surface area contributed by atoms with E-state index in [9.17, 15) is 9.59 Å².